The van der Waals surface area contributed by atoms with Gasteiger partial charge in [0.15, 0.2) is 0 Å². The molecule has 0 fully saturated rings. The molecule has 0 aliphatic heterocycles. The van der Waals surface area contributed by atoms with E-state index in [2.05, 4.69) is 20.8 Å². The van der Waals surface area contributed by atoms with E-state index in [1.54, 1.807) is 0 Å². The van der Waals surface area contributed by atoms with Crippen molar-refractivity contribution >= 4 is 7.82 Å². The normalized spacial score (nSPS) is 14.3. The van der Waals surface area contributed by atoms with Crippen molar-refractivity contribution in [2.75, 3.05) is 6.61 Å². The topological polar surface area (TPSA) is 76.0 Å². The van der Waals surface area contributed by atoms with Gasteiger partial charge in [-0.2, -0.15) is 0 Å². The maximum Gasteiger partial charge on any atom is 0.469 e. The van der Waals surface area contributed by atoms with Crippen LogP contribution in [0.1, 0.15) is 124 Å². The predicted molar refractivity (Wildman–Crippen MR) is 118 cm³/mol. The second-order valence-electron chi connectivity index (χ2n) is 8.01. The van der Waals surface area contributed by atoms with Gasteiger partial charge in [0, 0.05) is 6.61 Å². The number of phosphoric acid groups is 1. The van der Waals surface area contributed by atoms with Crippen LogP contribution in [0, 0.1) is 0 Å². The lowest BCUT2D eigenvalue weighted by atomic mass is 9.99. The summed E-state index contributed by atoms with van der Waals surface area (Å²) < 4.78 is 22.8. The molecule has 0 saturated carbocycles. The van der Waals surface area contributed by atoms with E-state index in [4.69, 9.17) is 9.26 Å². The minimum absolute atomic E-state index is 0.221. The molecule has 170 valence electrons. The van der Waals surface area contributed by atoms with E-state index in [-0.39, 0.29) is 6.10 Å². The summed E-state index contributed by atoms with van der Waals surface area (Å²) in [6, 6.07) is 0. The quantitative estimate of drug-likeness (QED) is 0.152. The zero-order chi connectivity index (χ0) is 21.1. The average Bonchev–Trinajstić information content (AvgIpc) is 2.64. The fourth-order valence-electron chi connectivity index (χ4n) is 3.49. The first-order valence-electron chi connectivity index (χ1n) is 11.8. The molecule has 0 aliphatic carbocycles. The van der Waals surface area contributed by atoms with Gasteiger partial charge in [-0.3, -0.25) is 4.52 Å². The summed E-state index contributed by atoms with van der Waals surface area (Å²) in [5.41, 5.74) is 0. The zero-order valence-electron chi connectivity index (χ0n) is 18.7. The van der Waals surface area contributed by atoms with Crippen molar-refractivity contribution in [1.82, 2.24) is 0 Å². The molecule has 0 heterocycles. The van der Waals surface area contributed by atoms with Gasteiger partial charge in [-0.1, -0.05) is 104 Å². The fourth-order valence-corrected chi connectivity index (χ4v) is 4.08. The standard InChI is InChI=1S/C22H47O5P/c1-4-7-10-12-14-16-18-21(26-20-9-6-3)22(27-28(23,24)25)19-17-15-13-11-8-5-2/h21-22H,4-20H2,1-3H3,(H2,23,24,25). The fraction of sp³-hybridized carbons (Fsp3) is 1.00. The first-order valence-corrected chi connectivity index (χ1v) is 13.3. The number of hydrogen-bond acceptors (Lipinski definition) is 3. The molecule has 0 aliphatic rings. The van der Waals surface area contributed by atoms with Gasteiger partial charge in [0.05, 0.1) is 12.2 Å². The van der Waals surface area contributed by atoms with Crippen molar-refractivity contribution in [1.29, 1.82) is 0 Å². The molecule has 0 rings (SSSR count). The molecule has 0 radical (unpaired) electrons. The third-order valence-electron chi connectivity index (χ3n) is 5.20. The van der Waals surface area contributed by atoms with Gasteiger partial charge in [-0.05, 0) is 19.3 Å². The minimum Gasteiger partial charge on any atom is -0.376 e. The van der Waals surface area contributed by atoms with Crippen molar-refractivity contribution in [3.8, 4) is 0 Å². The van der Waals surface area contributed by atoms with Crippen molar-refractivity contribution in [3.05, 3.63) is 0 Å². The lowest BCUT2D eigenvalue weighted by Crippen LogP contribution is -2.31. The third-order valence-corrected chi connectivity index (χ3v) is 5.75. The van der Waals surface area contributed by atoms with Gasteiger partial charge >= 0.3 is 7.82 Å². The largest absolute Gasteiger partial charge is 0.469 e. The molecule has 0 saturated heterocycles. The number of unbranched alkanes of at least 4 members (excludes halogenated alkanes) is 11. The van der Waals surface area contributed by atoms with E-state index >= 15 is 0 Å². The van der Waals surface area contributed by atoms with Crippen LogP contribution in [0.25, 0.3) is 0 Å². The highest BCUT2D eigenvalue weighted by molar-refractivity contribution is 7.46. The molecule has 28 heavy (non-hydrogen) atoms. The molecular weight excluding hydrogens is 375 g/mol. The molecule has 6 heteroatoms. The lowest BCUT2D eigenvalue weighted by Gasteiger charge is -2.28. The van der Waals surface area contributed by atoms with Gasteiger partial charge in [-0.15, -0.1) is 0 Å². The van der Waals surface area contributed by atoms with Crippen molar-refractivity contribution < 1.29 is 23.6 Å². The van der Waals surface area contributed by atoms with Crippen LogP contribution in [-0.2, 0) is 13.8 Å². The van der Waals surface area contributed by atoms with Crippen molar-refractivity contribution in [2.45, 2.75) is 136 Å². The van der Waals surface area contributed by atoms with Crippen LogP contribution in [-0.4, -0.2) is 28.6 Å². The maximum atomic E-state index is 11.5. The summed E-state index contributed by atoms with van der Waals surface area (Å²) in [5, 5.41) is 0. The molecule has 0 spiro atoms. The summed E-state index contributed by atoms with van der Waals surface area (Å²) in [6.45, 7) is 7.16. The molecule has 2 unspecified atom stereocenters. The molecule has 0 bridgehead atoms. The highest BCUT2D eigenvalue weighted by Gasteiger charge is 2.29. The molecule has 5 nitrogen and oxygen atoms in total. The van der Waals surface area contributed by atoms with Gasteiger partial charge in [0.25, 0.3) is 0 Å². The lowest BCUT2D eigenvalue weighted by molar-refractivity contribution is -0.0452. The van der Waals surface area contributed by atoms with E-state index in [9.17, 15) is 14.4 Å². The Morgan fingerprint density at radius 3 is 1.54 bits per heavy atom. The van der Waals surface area contributed by atoms with E-state index in [0.717, 1.165) is 44.9 Å². The number of hydrogen-bond donors (Lipinski definition) is 2. The minimum atomic E-state index is -4.51. The summed E-state index contributed by atoms with van der Waals surface area (Å²) >= 11 is 0. The van der Waals surface area contributed by atoms with E-state index in [1.807, 2.05) is 0 Å². The summed E-state index contributed by atoms with van der Waals surface area (Å²) in [4.78, 5) is 18.8. The Balaban J connectivity index is 4.60. The highest BCUT2D eigenvalue weighted by Crippen LogP contribution is 2.40. The van der Waals surface area contributed by atoms with Crippen molar-refractivity contribution in [3.63, 3.8) is 0 Å². The van der Waals surface area contributed by atoms with Gasteiger partial charge < -0.3 is 14.5 Å². The van der Waals surface area contributed by atoms with Crippen molar-refractivity contribution in [2.24, 2.45) is 0 Å². The molecular formula is C22H47O5P. The summed E-state index contributed by atoms with van der Waals surface area (Å²) in [7, 11) is -4.51. The second kappa shape index (κ2) is 19.1. The highest BCUT2D eigenvalue weighted by atomic mass is 31.2. The smallest absolute Gasteiger partial charge is 0.376 e. The Kier molecular flexibility index (Phi) is 19.1. The Morgan fingerprint density at radius 2 is 1.07 bits per heavy atom. The molecule has 0 aromatic heterocycles. The first-order chi connectivity index (χ1) is 13.4. The van der Waals surface area contributed by atoms with E-state index < -0.39 is 13.9 Å². The van der Waals surface area contributed by atoms with Crippen LogP contribution in [0.3, 0.4) is 0 Å². The number of phosphoric ester groups is 1. The average molecular weight is 423 g/mol. The zero-order valence-corrected chi connectivity index (χ0v) is 19.6. The maximum absolute atomic E-state index is 11.5. The Bertz CT molecular complexity index is 372. The summed E-state index contributed by atoms with van der Waals surface area (Å²) in [6.07, 6.45) is 16.8. The number of ether oxygens (including phenoxy) is 1. The van der Waals surface area contributed by atoms with Gasteiger partial charge in [0.1, 0.15) is 0 Å². The number of rotatable bonds is 21. The Labute approximate surface area is 174 Å². The van der Waals surface area contributed by atoms with E-state index in [0.29, 0.717) is 13.0 Å². The van der Waals surface area contributed by atoms with Gasteiger partial charge in [0.2, 0.25) is 0 Å². The Hall–Kier alpha value is 0.0700. The van der Waals surface area contributed by atoms with Crippen LogP contribution < -0.4 is 0 Å². The SMILES string of the molecule is CCCCCCCCC(OCCCC)C(CCCCCCCC)OP(=O)(O)O. The Morgan fingerprint density at radius 1 is 0.643 bits per heavy atom. The molecule has 2 atom stereocenters. The van der Waals surface area contributed by atoms with Gasteiger partial charge in [-0.25, -0.2) is 4.57 Å². The van der Waals surface area contributed by atoms with E-state index in [1.165, 1.54) is 51.4 Å². The second-order valence-corrected chi connectivity index (χ2v) is 9.20. The molecule has 0 aromatic carbocycles. The van der Waals surface area contributed by atoms with Crippen LogP contribution >= 0.6 is 7.82 Å². The van der Waals surface area contributed by atoms with Crippen LogP contribution in [0.5, 0.6) is 0 Å². The molecule has 2 N–H and O–H groups in total. The molecule has 0 aromatic rings. The summed E-state index contributed by atoms with van der Waals surface area (Å²) in [5.74, 6) is 0. The van der Waals surface area contributed by atoms with Crippen LogP contribution in [0.4, 0.5) is 0 Å². The van der Waals surface area contributed by atoms with Crippen LogP contribution in [0.2, 0.25) is 0 Å². The third kappa shape index (κ3) is 18.1. The predicted octanol–water partition coefficient (Wildman–Crippen LogP) is 7.15. The monoisotopic (exact) mass is 422 g/mol. The molecule has 0 amide bonds. The first kappa shape index (κ1) is 28.1. The van der Waals surface area contributed by atoms with Crippen LogP contribution in [0.15, 0.2) is 0 Å².